The van der Waals surface area contributed by atoms with E-state index in [1.807, 2.05) is 0 Å². The maximum Gasteiger partial charge on any atom is 0.469 e. The highest BCUT2D eigenvalue weighted by molar-refractivity contribution is 7.46. The van der Waals surface area contributed by atoms with Crippen molar-refractivity contribution < 1.29 is 38.9 Å². The van der Waals surface area contributed by atoms with E-state index in [4.69, 9.17) is 14.5 Å². The van der Waals surface area contributed by atoms with E-state index < -0.39 is 38.5 Å². The summed E-state index contributed by atoms with van der Waals surface area (Å²) in [6.07, 6.45) is -4.21. The molecule has 0 aromatic heterocycles. The maximum atomic E-state index is 10.3. The van der Waals surface area contributed by atoms with Crippen molar-refractivity contribution in [2.45, 2.75) is 31.0 Å². The van der Waals surface area contributed by atoms with Crippen LogP contribution in [0.1, 0.15) is 6.92 Å². The third-order valence-electron chi connectivity index (χ3n) is 2.05. The zero-order chi connectivity index (χ0) is 11.9. The lowest BCUT2D eigenvalue weighted by atomic mass is 10.1. The number of aliphatic hydroxyl groups is 3. The van der Waals surface area contributed by atoms with Gasteiger partial charge in [-0.1, -0.05) is 0 Å². The van der Waals surface area contributed by atoms with E-state index in [-0.39, 0.29) is 0 Å². The molecule has 0 radical (unpaired) electrons. The number of hydrogen-bond acceptors (Lipinski definition) is 6. The van der Waals surface area contributed by atoms with Crippen LogP contribution in [0.3, 0.4) is 0 Å². The first-order valence-corrected chi connectivity index (χ1v) is 5.63. The predicted molar refractivity (Wildman–Crippen MR) is 45.5 cm³/mol. The fourth-order valence-electron chi connectivity index (χ4n) is 1.27. The summed E-state index contributed by atoms with van der Waals surface area (Å²) < 4.78 is 19.2. The van der Waals surface area contributed by atoms with E-state index in [9.17, 15) is 19.9 Å². The van der Waals surface area contributed by atoms with Gasteiger partial charge in [0, 0.05) is 0 Å². The summed E-state index contributed by atoms with van der Waals surface area (Å²) >= 11 is 0. The summed E-state index contributed by atoms with van der Waals surface area (Å²) in [4.78, 5) is 16.8. The van der Waals surface area contributed by atoms with Crippen LogP contribution in [0.2, 0.25) is 0 Å². The fraction of sp³-hybridized carbons (Fsp3) is 1.00. The molecule has 0 aromatic rings. The van der Waals surface area contributed by atoms with Gasteiger partial charge in [-0.2, -0.15) is 0 Å². The smallest absolute Gasteiger partial charge is 0.387 e. The van der Waals surface area contributed by atoms with Crippen molar-refractivity contribution in [1.29, 1.82) is 0 Å². The molecule has 1 heterocycles. The second-order valence-electron chi connectivity index (χ2n) is 3.43. The van der Waals surface area contributed by atoms with Gasteiger partial charge in [0.25, 0.3) is 0 Å². The molecule has 0 aromatic carbocycles. The molecule has 1 fully saturated rings. The summed E-state index contributed by atoms with van der Waals surface area (Å²) in [6.45, 7) is 0.497. The lowest BCUT2D eigenvalue weighted by Gasteiger charge is -2.19. The zero-order valence-corrected chi connectivity index (χ0v) is 8.74. The summed E-state index contributed by atoms with van der Waals surface area (Å²) in [5.74, 6) is -1.96. The molecule has 4 atom stereocenters. The molecule has 1 saturated heterocycles. The van der Waals surface area contributed by atoms with Gasteiger partial charge < -0.3 is 29.8 Å². The fourth-order valence-corrected chi connectivity index (χ4v) is 1.61. The number of rotatable bonds is 3. The molecule has 1 unspecified atom stereocenters. The largest absolute Gasteiger partial charge is 0.469 e. The third-order valence-corrected chi connectivity index (χ3v) is 2.54. The first kappa shape index (κ1) is 13.0. The van der Waals surface area contributed by atoms with Crippen LogP contribution in [-0.2, 0) is 13.8 Å². The molecule has 1 aliphatic heterocycles. The van der Waals surface area contributed by atoms with Gasteiger partial charge in [-0.15, -0.1) is 0 Å². The topological polar surface area (TPSA) is 137 Å². The molecule has 90 valence electrons. The second-order valence-corrected chi connectivity index (χ2v) is 4.67. The molecule has 0 spiro atoms. The van der Waals surface area contributed by atoms with Crippen molar-refractivity contribution in [3.8, 4) is 0 Å². The number of phosphoric acid groups is 1. The van der Waals surface area contributed by atoms with Crippen LogP contribution in [0.5, 0.6) is 0 Å². The van der Waals surface area contributed by atoms with E-state index >= 15 is 0 Å². The number of ether oxygens (including phenoxy) is 1. The summed E-state index contributed by atoms with van der Waals surface area (Å²) in [6, 6.07) is 0. The summed E-state index contributed by atoms with van der Waals surface area (Å²) in [5, 5.41) is 27.9. The number of aliphatic hydroxyl groups excluding tert-OH is 2. The van der Waals surface area contributed by atoms with Crippen LogP contribution < -0.4 is 0 Å². The Morgan fingerprint density at radius 1 is 1.47 bits per heavy atom. The Morgan fingerprint density at radius 3 is 2.33 bits per heavy atom. The highest BCUT2D eigenvalue weighted by Crippen LogP contribution is 2.38. The SMILES string of the molecule is CC1(O)O[C@H](COP(=O)(O)O)[C@@H](O)[C@@H]1O. The standard InChI is InChI=1S/C6H13O8P/c1-6(9)5(8)4(7)3(14-6)2-13-15(10,11)12/h3-5,7-9H,2H2,1H3,(H2,10,11,12)/t3-,4-,5+,6?/m1/s1. The molecule has 9 heteroatoms. The average molecular weight is 244 g/mol. The highest BCUT2D eigenvalue weighted by Gasteiger charge is 2.50. The van der Waals surface area contributed by atoms with Gasteiger partial charge in [-0.3, -0.25) is 4.52 Å². The highest BCUT2D eigenvalue weighted by atomic mass is 31.2. The number of hydrogen-bond donors (Lipinski definition) is 5. The van der Waals surface area contributed by atoms with Crippen LogP contribution in [0.4, 0.5) is 0 Å². The van der Waals surface area contributed by atoms with Gasteiger partial charge in [0.1, 0.15) is 18.3 Å². The Morgan fingerprint density at radius 2 is 2.00 bits per heavy atom. The van der Waals surface area contributed by atoms with Crippen molar-refractivity contribution in [2.24, 2.45) is 0 Å². The molecule has 5 N–H and O–H groups in total. The number of phosphoric ester groups is 1. The van der Waals surface area contributed by atoms with Crippen LogP contribution in [0, 0.1) is 0 Å². The van der Waals surface area contributed by atoms with E-state index in [1.54, 1.807) is 0 Å². The van der Waals surface area contributed by atoms with Crippen LogP contribution in [0.25, 0.3) is 0 Å². The molecule has 0 bridgehead atoms. The van der Waals surface area contributed by atoms with E-state index in [0.29, 0.717) is 0 Å². The van der Waals surface area contributed by atoms with Crippen molar-refractivity contribution in [1.82, 2.24) is 0 Å². The van der Waals surface area contributed by atoms with E-state index in [0.717, 1.165) is 6.92 Å². The first-order valence-electron chi connectivity index (χ1n) is 4.10. The average Bonchev–Trinajstić information content (AvgIpc) is 2.25. The molecule has 8 nitrogen and oxygen atoms in total. The van der Waals surface area contributed by atoms with Gasteiger partial charge in [0.05, 0.1) is 6.61 Å². The molecule has 1 rings (SSSR count). The normalized spacial score (nSPS) is 42.1. The second kappa shape index (κ2) is 4.08. The van der Waals surface area contributed by atoms with Gasteiger partial charge in [-0.05, 0) is 6.92 Å². The van der Waals surface area contributed by atoms with Crippen molar-refractivity contribution in [2.75, 3.05) is 6.61 Å². The predicted octanol–water partition coefficient (Wildman–Crippen LogP) is -2.08. The minimum atomic E-state index is -4.66. The molecule has 0 amide bonds. The maximum absolute atomic E-state index is 10.3. The first-order chi connectivity index (χ1) is 6.63. The Labute approximate surface area is 85.3 Å². The van der Waals surface area contributed by atoms with Crippen LogP contribution in [0.15, 0.2) is 0 Å². The van der Waals surface area contributed by atoms with Crippen molar-refractivity contribution in [3.63, 3.8) is 0 Å². The lowest BCUT2D eigenvalue weighted by molar-refractivity contribution is -0.217. The molecule has 1 aliphatic rings. The Balaban J connectivity index is 2.56. The summed E-state index contributed by atoms with van der Waals surface area (Å²) in [7, 11) is -4.66. The minimum Gasteiger partial charge on any atom is -0.387 e. The Hall–Kier alpha value is -0.0500. The van der Waals surface area contributed by atoms with Crippen LogP contribution >= 0.6 is 7.82 Å². The Kier molecular flexibility index (Phi) is 3.54. The lowest BCUT2D eigenvalue weighted by Crippen LogP contribution is -2.40. The molecule has 0 saturated carbocycles. The van der Waals surface area contributed by atoms with E-state index in [2.05, 4.69) is 4.52 Å². The molecule has 15 heavy (non-hydrogen) atoms. The molecular weight excluding hydrogens is 231 g/mol. The van der Waals surface area contributed by atoms with Gasteiger partial charge in [0.15, 0.2) is 5.79 Å². The summed E-state index contributed by atoms with van der Waals surface area (Å²) in [5.41, 5.74) is 0. The van der Waals surface area contributed by atoms with Crippen LogP contribution in [-0.4, -0.2) is 55.8 Å². The third kappa shape index (κ3) is 3.20. The van der Waals surface area contributed by atoms with E-state index in [1.165, 1.54) is 0 Å². The molecular formula is C6H13O8P. The van der Waals surface area contributed by atoms with Gasteiger partial charge >= 0.3 is 7.82 Å². The monoisotopic (exact) mass is 244 g/mol. The molecule has 0 aliphatic carbocycles. The van der Waals surface area contributed by atoms with Gasteiger partial charge in [-0.25, -0.2) is 4.57 Å². The zero-order valence-electron chi connectivity index (χ0n) is 7.85. The van der Waals surface area contributed by atoms with Crippen molar-refractivity contribution >= 4 is 7.82 Å². The van der Waals surface area contributed by atoms with Crippen molar-refractivity contribution in [3.05, 3.63) is 0 Å². The Bertz CT molecular complexity index is 272. The minimum absolute atomic E-state index is 0.626. The van der Waals surface area contributed by atoms with Gasteiger partial charge in [0.2, 0.25) is 0 Å². The quantitative estimate of drug-likeness (QED) is 0.357.